The van der Waals surface area contributed by atoms with Crippen molar-refractivity contribution in [2.45, 2.75) is 12.8 Å². The van der Waals surface area contributed by atoms with Gasteiger partial charge < -0.3 is 10.8 Å². The lowest BCUT2D eigenvalue weighted by Gasteiger charge is -2.11. The van der Waals surface area contributed by atoms with Crippen molar-refractivity contribution in [1.29, 1.82) is 0 Å². The van der Waals surface area contributed by atoms with Gasteiger partial charge in [-0.05, 0) is 29.0 Å². The number of nitrogens with two attached hydrogens (primary N) is 1. The van der Waals surface area contributed by atoms with Crippen LogP contribution >= 0.6 is 15.9 Å². The molecule has 2 nitrogen and oxygen atoms in total. The van der Waals surface area contributed by atoms with Crippen LogP contribution in [0.4, 0.5) is 0 Å². The molecule has 10 heavy (non-hydrogen) atoms. The van der Waals surface area contributed by atoms with Gasteiger partial charge in [-0.2, -0.15) is 0 Å². The van der Waals surface area contributed by atoms with Crippen molar-refractivity contribution in [3.63, 3.8) is 0 Å². The fourth-order valence-electron chi connectivity index (χ4n) is 0.916. The third kappa shape index (κ3) is 1.61. The largest absolute Gasteiger partial charge is 0.402 e. The molecule has 0 heterocycles. The maximum absolute atomic E-state index is 8.78. The maximum Gasteiger partial charge on any atom is 0.0698 e. The summed E-state index contributed by atoms with van der Waals surface area (Å²) in [5, 5.41) is 8.78. The van der Waals surface area contributed by atoms with Crippen molar-refractivity contribution in [3.8, 4) is 0 Å². The molecule has 3 N–H and O–H groups in total. The van der Waals surface area contributed by atoms with Crippen molar-refractivity contribution in [1.82, 2.24) is 0 Å². The second-order valence-corrected chi connectivity index (χ2v) is 3.32. The van der Waals surface area contributed by atoms with E-state index in [0.717, 1.165) is 28.6 Å². The van der Waals surface area contributed by atoms with Gasteiger partial charge in [-0.25, -0.2) is 0 Å². The monoisotopic (exact) mass is 203 g/mol. The first-order valence-corrected chi connectivity index (χ1v) is 3.97. The Morgan fingerprint density at radius 1 is 1.60 bits per heavy atom. The molecule has 0 aromatic rings. The second-order valence-electron chi connectivity index (χ2n) is 2.30. The van der Waals surface area contributed by atoms with Gasteiger partial charge in [0.05, 0.1) is 6.61 Å². The van der Waals surface area contributed by atoms with Crippen molar-refractivity contribution in [2.75, 3.05) is 6.61 Å². The molecular weight excluding hydrogens is 194 g/mol. The van der Waals surface area contributed by atoms with Gasteiger partial charge in [0.2, 0.25) is 0 Å². The van der Waals surface area contributed by atoms with Gasteiger partial charge >= 0.3 is 0 Å². The molecule has 56 valence electrons. The van der Waals surface area contributed by atoms with Crippen molar-refractivity contribution >= 4 is 15.9 Å². The van der Waals surface area contributed by atoms with Gasteiger partial charge in [-0.3, -0.25) is 0 Å². The maximum atomic E-state index is 8.78. The third-order valence-electron chi connectivity index (χ3n) is 1.55. The number of aliphatic hydroxyl groups excluding tert-OH is 1. The van der Waals surface area contributed by atoms with Crippen LogP contribution in [0.1, 0.15) is 12.8 Å². The standard InChI is InChI=1S/C7H10BrNO/c8-6-1-2-7(9)5(3-6)4-10/h3,10H,1-2,4,9H2. The highest BCUT2D eigenvalue weighted by atomic mass is 79.9. The molecule has 0 spiro atoms. The number of halogens is 1. The van der Waals surface area contributed by atoms with Gasteiger partial charge in [0.25, 0.3) is 0 Å². The highest BCUT2D eigenvalue weighted by Crippen LogP contribution is 2.24. The summed E-state index contributed by atoms with van der Waals surface area (Å²) in [6.07, 6.45) is 3.70. The minimum absolute atomic E-state index is 0.0426. The Kier molecular flexibility index (Phi) is 2.51. The zero-order chi connectivity index (χ0) is 7.56. The van der Waals surface area contributed by atoms with Crippen LogP contribution in [0, 0.1) is 0 Å². The second kappa shape index (κ2) is 3.21. The van der Waals surface area contributed by atoms with Crippen molar-refractivity contribution in [3.05, 3.63) is 21.8 Å². The Hall–Kier alpha value is -0.280. The van der Waals surface area contributed by atoms with Gasteiger partial charge in [0.1, 0.15) is 0 Å². The Morgan fingerprint density at radius 2 is 2.30 bits per heavy atom. The Balaban J connectivity index is 2.82. The third-order valence-corrected chi connectivity index (χ3v) is 2.17. The fourth-order valence-corrected chi connectivity index (χ4v) is 1.39. The normalized spacial score (nSPS) is 19.2. The van der Waals surface area contributed by atoms with Crippen LogP contribution in [0.5, 0.6) is 0 Å². The van der Waals surface area contributed by atoms with Crippen LogP contribution in [0.3, 0.4) is 0 Å². The number of hydrogen-bond acceptors (Lipinski definition) is 2. The first-order valence-electron chi connectivity index (χ1n) is 3.18. The van der Waals surface area contributed by atoms with Crippen LogP contribution in [-0.2, 0) is 0 Å². The molecule has 1 aliphatic carbocycles. The summed E-state index contributed by atoms with van der Waals surface area (Å²) in [4.78, 5) is 0. The molecule has 3 heteroatoms. The lowest BCUT2D eigenvalue weighted by Crippen LogP contribution is -2.07. The minimum Gasteiger partial charge on any atom is -0.402 e. The predicted octanol–water partition coefficient (Wildman–Crippen LogP) is 1.26. The Morgan fingerprint density at radius 3 is 2.80 bits per heavy atom. The molecule has 0 fully saturated rings. The Labute approximate surface area is 68.5 Å². The molecule has 0 amide bonds. The first kappa shape index (κ1) is 7.82. The molecule has 0 saturated carbocycles. The summed E-state index contributed by atoms with van der Waals surface area (Å²) in [5.41, 5.74) is 7.26. The molecule has 0 atom stereocenters. The number of allylic oxidation sites excluding steroid dienone is 2. The summed E-state index contributed by atoms with van der Waals surface area (Å²) in [6.45, 7) is 0.0426. The SMILES string of the molecule is NC1=C(CO)C=C(Br)CC1. The van der Waals surface area contributed by atoms with Crippen LogP contribution in [0.25, 0.3) is 0 Å². The highest BCUT2D eigenvalue weighted by Gasteiger charge is 2.07. The topological polar surface area (TPSA) is 46.2 Å². The van der Waals surface area contributed by atoms with E-state index in [1.54, 1.807) is 0 Å². The van der Waals surface area contributed by atoms with Crippen molar-refractivity contribution in [2.24, 2.45) is 5.73 Å². The van der Waals surface area contributed by atoms with E-state index < -0.39 is 0 Å². The molecule has 0 saturated heterocycles. The number of hydrogen-bond donors (Lipinski definition) is 2. The van der Waals surface area contributed by atoms with Gasteiger partial charge in [0.15, 0.2) is 0 Å². The zero-order valence-corrected chi connectivity index (χ0v) is 7.19. The fraction of sp³-hybridized carbons (Fsp3) is 0.429. The summed E-state index contributed by atoms with van der Waals surface area (Å²) in [7, 11) is 0. The highest BCUT2D eigenvalue weighted by molar-refractivity contribution is 9.11. The average molecular weight is 204 g/mol. The van der Waals surface area contributed by atoms with Crippen LogP contribution < -0.4 is 5.73 Å². The van der Waals surface area contributed by atoms with E-state index in [1.807, 2.05) is 6.08 Å². The summed E-state index contributed by atoms with van der Waals surface area (Å²) >= 11 is 3.36. The van der Waals surface area contributed by atoms with E-state index in [9.17, 15) is 0 Å². The van der Waals surface area contributed by atoms with Gasteiger partial charge in [0, 0.05) is 5.70 Å². The first-order chi connectivity index (χ1) is 4.74. The lowest BCUT2D eigenvalue weighted by atomic mass is 10.0. The van der Waals surface area contributed by atoms with Gasteiger partial charge in [-0.1, -0.05) is 15.9 Å². The number of aliphatic hydroxyl groups is 1. The van der Waals surface area contributed by atoms with Crippen molar-refractivity contribution < 1.29 is 5.11 Å². The summed E-state index contributed by atoms with van der Waals surface area (Å²) in [6, 6.07) is 0. The van der Waals surface area contributed by atoms with Gasteiger partial charge in [-0.15, -0.1) is 0 Å². The molecule has 1 aliphatic rings. The quantitative estimate of drug-likeness (QED) is 0.675. The van der Waals surface area contributed by atoms with Crippen LogP contribution in [0.2, 0.25) is 0 Å². The van der Waals surface area contributed by atoms with Crippen LogP contribution in [0.15, 0.2) is 21.8 Å². The van der Waals surface area contributed by atoms with E-state index in [4.69, 9.17) is 10.8 Å². The van der Waals surface area contributed by atoms with E-state index in [2.05, 4.69) is 15.9 Å². The summed E-state index contributed by atoms with van der Waals surface area (Å²) < 4.78 is 1.12. The average Bonchev–Trinajstić information content (AvgIpc) is 1.94. The zero-order valence-electron chi connectivity index (χ0n) is 5.60. The molecule has 1 rings (SSSR count). The summed E-state index contributed by atoms with van der Waals surface area (Å²) in [5.74, 6) is 0. The van der Waals surface area contributed by atoms with E-state index in [1.165, 1.54) is 0 Å². The van der Waals surface area contributed by atoms with E-state index in [-0.39, 0.29) is 6.61 Å². The molecular formula is C7H10BrNO. The van der Waals surface area contributed by atoms with Crippen LogP contribution in [-0.4, -0.2) is 11.7 Å². The Bertz CT molecular complexity index is 196. The predicted molar refractivity (Wildman–Crippen MR) is 44.5 cm³/mol. The molecule has 0 aromatic carbocycles. The molecule has 0 aromatic heterocycles. The smallest absolute Gasteiger partial charge is 0.0698 e. The minimum atomic E-state index is 0.0426. The molecule has 0 bridgehead atoms. The van der Waals surface area contributed by atoms with E-state index >= 15 is 0 Å². The molecule has 0 radical (unpaired) electrons. The lowest BCUT2D eigenvalue weighted by molar-refractivity contribution is 0.332. The molecule has 0 unspecified atom stereocenters. The van der Waals surface area contributed by atoms with E-state index in [0.29, 0.717) is 0 Å². The number of rotatable bonds is 1. The molecule has 0 aliphatic heterocycles.